The number of aryl methyl sites for hydroxylation is 1. The number of ether oxygens (including phenoxy) is 1. The summed E-state index contributed by atoms with van der Waals surface area (Å²) >= 11 is 0. The summed E-state index contributed by atoms with van der Waals surface area (Å²) < 4.78 is 4.98. The first-order valence-corrected chi connectivity index (χ1v) is 9.01. The van der Waals surface area contributed by atoms with E-state index >= 15 is 0 Å². The summed E-state index contributed by atoms with van der Waals surface area (Å²) in [5.74, 6) is -1.13. The molecule has 0 heterocycles. The van der Waals surface area contributed by atoms with Crippen molar-refractivity contribution in [1.29, 1.82) is 5.26 Å². The van der Waals surface area contributed by atoms with Gasteiger partial charge in [-0.2, -0.15) is 5.26 Å². The van der Waals surface area contributed by atoms with Gasteiger partial charge < -0.3 is 15.4 Å². The molecule has 6 heteroatoms. The lowest BCUT2D eigenvalue weighted by molar-refractivity contribution is -0.112. The predicted molar refractivity (Wildman–Crippen MR) is 108 cm³/mol. The van der Waals surface area contributed by atoms with Crippen molar-refractivity contribution in [2.75, 3.05) is 18.5 Å². The van der Waals surface area contributed by atoms with E-state index in [0.29, 0.717) is 12.2 Å². The highest BCUT2D eigenvalue weighted by Gasteiger charge is 2.16. The molecule has 6 nitrogen and oxygen atoms in total. The van der Waals surface area contributed by atoms with Crippen molar-refractivity contribution in [1.82, 2.24) is 5.32 Å². The molecule has 28 heavy (non-hydrogen) atoms. The summed E-state index contributed by atoms with van der Waals surface area (Å²) in [5, 5.41) is 14.9. The smallest absolute Gasteiger partial charge is 0.340 e. The fourth-order valence-electron chi connectivity index (χ4n) is 2.46. The SMILES string of the molecule is CCOC(=O)c1ccccc1NC(=O)/C(C#N)=C\NCCc1ccc(C)cc1. The maximum absolute atomic E-state index is 12.4. The van der Waals surface area contributed by atoms with Gasteiger partial charge in [-0.25, -0.2) is 4.79 Å². The number of carbonyl (C=O) groups is 2. The lowest BCUT2D eigenvalue weighted by atomic mass is 10.1. The number of hydrogen-bond acceptors (Lipinski definition) is 5. The normalized spacial score (nSPS) is 10.7. The molecule has 2 rings (SSSR count). The number of carbonyl (C=O) groups excluding carboxylic acids is 2. The van der Waals surface area contributed by atoms with Crippen LogP contribution in [-0.2, 0) is 16.0 Å². The van der Waals surface area contributed by atoms with Crippen molar-refractivity contribution in [3.63, 3.8) is 0 Å². The van der Waals surface area contributed by atoms with Crippen LogP contribution < -0.4 is 10.6 Å². The van der Waals surface area contributed by atoms with Gasteiger partial charge in [0.2, 0.25) is 0 Å². The fraction of sp³-hybridized carbons (Fsp3) is 0.227. The van der Waals surface area contributed by atoms with Gasteiger partial charge in [0.1, 0.15) is 11.6 Å². The van der Waals surface area contributed by atoms with Gasteiger partial charge in [-0.3, -0.25) is 4.79 Å². The van der Waals surface area contributed by atoms with E-state index in [0.717, 1.165) is 12.0 Å². The minimum atomic E-state index is -0.595. The van der Waals surface area contributed by atoms with E-state index in [1.165, 1.54) is 11.8 Å². The van der Waals surface area contributed by atoms with Gasteiger partial charge in [0, 0.05) is 12.7 Å². The molecule has 0 aliphatic carbocycles. The standard InChI is InChI=1S/C22H23N3O3/c1-3-28-22(27)19-6-4-5-7-20(19)25-21(26)18(14-23)15-24-13-12-17-10-8-16(2)9-11-17/h4-11,15,24H,3,12-13H2,1-2H3,(H,25,26)/b18-15-. The minimum absolute atomic E-state index is 0.0810. The Bertz CT molecular complexity index is 896. The zero-order chi connectivity index (χ0) is 20.4. The highest BCUT2D eigenvalue weighted by atomic mass is 16.5. The van der Waals surface area contributed by atoms with Crippen LogP contribution in [0.2, 0.25) is 0 Å². The molecule has 0 spiro atoms. The van der Waals surface area contributed by atoms with E-state index in [9.17, 15) is 14.9 Å². The number of nitrogens with zero attached hydrogens (tertiary/aromatic N) is 1. The third kappa shape index (κ3) is 5.99. The average Bonchev–Trinajstić information content (AvgIpc) is 2.70. The number of rotatable bonds is 8. The number of esters is 1. The predicted octanol–water partition coefficient (Wildman–Crippen LogP) is 3.35. The third-order valence-corrected chi connectivity index (χ3v) is 3.96. The van der Waals surface area contributed by atoms with Crippen molar-refractivity contribution in [2.45, 2.75) is 20.3 Å². The zero-order valence-electron chi connectivity index (χ0n) is 16.0. The van der Waals surface area contributed by atoms with Crippen molar-refractivity contribution in [2.24, 2.45) is 0 Å². The summed E-state index contributed by atoms with van der Waals surface area (Å²) in [5.41, 5.74) is 2.82. The molecule has 1 amide bonds. The second-order valence-electron chi connectivity index (χ2n) is 6.08. The first-order valence-electron chi connectivity index (χ1n) is 9.01. The molecule has 0 fully saturated rings. The summed E-state index contributed by atoms with van der Waals surface area (Å²) in [6.45, 7) is 4.55. The number of hydrogen-bond donors (Lipinski definition) is 2. The van der Waals surface area contributed by atoms with Crippen LogP contribution in [0.3, 0.4) is 0 Å². The summed E-state index contributed by atoms with van der Waals surface area (Å²) in [7, 11) is 0. The molecular formula is C22H23N3O3. The molecule has 0 aliphatic rings. The zero-order valence-corrected chi connectivity index (χ0v) is 16.0. The largest absolute Gasteiger partial charge is 0.462 e. The minimum Gasteiger partial charge on any atom is -0.462 e. The summed E-state index contributed by atoms with van der Waals surface area (Å²) in [4.78, 5) is 24.4. The second kappa shape index (κ2) is 10.5. The van der Waals surface area contributed by atoms with E-state index < -0.39 is 11.9 Å². The number of nitrogens with one attached hydrogen (secondary N) is 2. The number of amides is 1. The quantitative estimate of drug-likeness (QED) is 0.319. The fourth-order valence-corrected chi connectivity index (χ4v) is 2.46. The van der Waals surface area contributed by atoms with E-state index in [-0.39, 0.29) is 17.7 Å². The Labute approximate surface area is 164 Å². The molecule has 0 aliphatic heterocycles. The van der Waals surface area contributed by atoms with E-state index in [1.807, 2.05) is 37.3 Å². The first kappa shape index (κ1) is 20.7. The maximum Gasteiger partial charge on any atom is 0.340 e. The molecule has 2 aromatic carbocycles. The van der Waals surface area contributed by atoms with Gasteiger partial charge in [0.05, 0.1) is 17.9 Å². The molecule has 144 valence electrons. The summed E-state index contributed by atoms with van der Waals surface area (Å²) in [6, 6.07) is 16.6. The average molecular weight is 377 g/mol. The van der Waals surface area contributed by atoms with E-state index in [2.05, 4.69) is 10.6 Å². The molecule has 0 bridgehead atoms. The van der Waals surface area contributed by atoms with Gasteiger partial charge >= 0.3 is 5.97 Å². The Kier molecular flexibility index (Phi) is 7.79. The van der Waals surface area contributed by atoms with Gasteiger partial charge in [-0.15, -0.1) is 0 Å². The van der Waals surface area contributed by atoms with Crippen LogP contribution in [0, 0.1) is 18.3 Å². The lowest BCUT2D eigenvalue weighted by Gasteiger charge is -2.10. The van der Waals surface area contributed by atoms with Crippen molar-refractivity contribution >= 4 is 17.6 Å². The monoisotopic (exact) mass is 377 g/mol. The Hall–Kier alpha value is -3.59. The van der Waals surface area contributed by atoms with Crippen molar-refractivity contribution in [3.8, 4) is 6.07 Å². The first-order chi connectivity index (χ1) is 13.5. The molecule has 0 saturated carbocycles. The van der Waals surface area contributed by atoms with Crippen LogP contribution in [0.4, 0.5) is 5.69 Å². The van der Waals surface area contributed by atoms with Gasteiger partial charge in [-0.05, 0) is 38.0 Å². The van der Waals surface area contributed by atoms with Gasteiger partial charge in [-0.1, -0.05) is 42.0 Å². The molecular weight excluding hydrogens is 354 g/mol. The van der Waals surface area contributed by atoms with Crippen molar-refractivity contribution in [3.05, 3.63) is 77.0 Å². The van der Waals surface area contributed by atoms with Gasteiger partial charge in [0.15, 0.2) is 0 Å². The molecule has 2 aromatic rings. The van der Waals surface area contributed by atoms with Crippen LogP contribution in [0.1, 0.15) is 28.4 Å². The van der Waals surface area contributed by atoms with E-state index in [4.69, 9.17) is 4.74 Å². The Morgan fingerprint density at radius 3 is 2.54 bits per heavy atom. The highest BCUT2D eigenvalue weighted by molar-refractivity contribution is 6.09. The molecule has 0 aromatic heterocycles. The Balaban J connectivity index is 1.98. The Morgan fingerprint density at radius 2 is 1.86 bits per heavy atom. The molecule has 0 saturated heterocycles. The van der Waals surface area contributed by atoms with Gasteiger partial charge in [0.25, 0.3) is 5.91 Å². The van der Waals surface area contributed by atoms with E-state index in [1.54, 1.807) is 31.2 Å². The number of para-hydroxylation sites is 1. The summed E-state index contributed by atoms with van der Waals surface area (Å²) in [6.07, 6.45) is 2.15. The topological polar surface area (TPSA) is 91.2 Å². The maximum atomic E-state index is 12.4. The number of nitriles is 1. The molecule has 0 unspecified atom stereocenters. The van der Waals surface area contributed by atoms with Crippen LogP contribution >= 0.6 is 0 Å². The van der Waals surface area contributed by atoms with Crippen LogP contribution in [-0.4, -0.2) is 25.0 Å². The molecule has 0 radical (unpaired) electrons. The number of anilines is 1. The molecule has 2 N–H and O–H groups in total. The Morgan fingerprint density at radius 1 is 1.14 bits per heavy atom. The molecule has 0 atom stereocenters. The highest BCUT2D eigenvalue weighted by Crippen LogP contribution is 2.17. The van der Waals surface area contributed by atoms with Crippen LogP contribution in [0.25, 0.3) is 0 Å². The second-order valence-corrected chi connectivity index (χ2v) is 6.08. The third-order valence-electron chi connectivity index (χ3n) is 3.96. The number of benzene rings is 2. The van der Waals surface area contributed by atoms with Crippen LogP contribution in [0.15, 0.2) is 60.3 Å². The lowest BCUT2D eigenvalue weighted by Crippen LogP contribution is -2.19. The van der Waals surface area contributed by atoms with Crippen LogP contribution in [0.5, 0.6) is 0 Å². The van der Waals surface area contributed by atoms with Crippen molar-refractivity contribution < 1.29 is 14.3 Å².